The van der Waals surface area contributed by atoms with E-state index in [0.29, 0.717) is 0 Å². The molecule has 2 aromatic rings. The van der Waals surface area contributed by atoms with Crippen LogP contribution < -0.4 is 5.32 Å². The molecule has 98 valence electrons. The molecule has 0 aliphatic heterocycles. The van der Waals surface area contributed by atoms with E-state index in [1.54, 1.807) is 0 Å². The number of aromatic carboxylic acids is 1. The third-order valence-corrected chi connectivity index (χ3v) is 2.95. The fourth-order valence-electron chi connectivity index (χ4n) is 1.70. The van der Waals surface area contributed by atoms with Crippen LogP contribution in [0.15, 0.2) is 30.3 Å². The maximum Gasteiger partial charge on any atom is 0.339 e. The molecule has 0 fully saturated rings. The lowest BCUT2D eigenvalue weighted by molar-refractivity contribution is 0.0697. The standard InChI is InChI=1S/C14H13ClN2O2/c1-8-3-4-9(2)11(7-8)16-13-10(14(18)19)5-6-12(15)17-13/h3-7H,1-2H3,(H,16,17)(H,18,19). The van der Waals surface area contributed by atoms with Crippen molar-refractivity contribution in [3.05, 3.63) is 52.2 Å². The third-order valence-electron chi connectivity index (χ3n) is 2.74. The number of nitrogens with one attached hydrogen (secondary N) is 1. The Hall–Kier alpha value is -2.07. The Kier molecular flexibility index (Phi) is 3.71. The Morgan fingerprint density at radius 1 is 1.26 bits per heavy atom. The van der Waals surface area contributed by atoms with Crippen molar-refractivity contribution in [1.82, 2.24) is 4.98 Å². The zero-order chi connectivity index (χ0) is 14.0. The molecule has 0 unspecified atom stereocenters. The Balaban J connectivity index is 2.45. The molecule has 0 spiro atoms. The summed E-state index contributed by atoms with van der Waals surface area (Å²) < 4.78 is 0. The summed E-state index contributed by atoms with van der Waals surface area (Å²) in [6, 6.07) is 8.78. The summed E-state index contributed by atoms with van der Waals surface area (Å²) in [7, 11) is 0. The van der Waals surface area contributed by atoms with E-state index in [1.807, 2.05) is 32.0 Å². The van der Waals surface area contributed by atoms with Crippen molar-refractivity contribution in [1.29, 1.82) is 0 Å². The van der Waals surface area contributed by atoms with E-state index >= 15 is 0 Å². The van der Waals surface area contributed by atoms with Crippen LogP contribution in [0.4, 0.5) is 11.5 Å². The minimum Gasteiger partial charge on any atom is -0.478 e. The van der Waals surface area contributed by atoms with Crippen LogP contribution in [0.5, 0.6) is 0 Å². The molecule has 4 nitrogen and oxygen atoms in total. The smallest absolute Gasteiger partial charge is 0.339 e. The van der Waals surface area contributed by atoms with Crippen LogP contribution in [-0.2, 0) is 0 Å². The van der Waals surface area contributed by atoms with Gasteiger partial charge < -0.3 is 10.4 Å². The van der Waals surface area contributed by atoms with Gasteiger partial charge in [-0.15, -0.1) is 0 Å². The number of aromatic nitrogens is 1. The first-order valence-electron chi connectivity index (χ1n) is 5.71. The largest absolute Gasteiger partial charge is 0.478 e. The second-order valence-corrected chi connectivity index (χ2v) is 4.67. The van der Waals surface area contributed by atoms with E-state index in [9.17, 15) is 4.79 Å². The Labute approximate surface area is 116 Å². The maximum atomic E-state index is 11.2. The first-order chi connectivity index (χ1) is 8.97. The Morgan fingerprint density at radius 2 is 2.00 bits per heavy atom. The summed E-state index contributed by atoms with van der Waals surface area (Å²) in [6.45, 7) is 3.90. The predicted octanol–water partition coefficient (Wildman–Crippen LogP) is 3.79. The van der Waals surface area contributed by atoms with Crippen molar-refractivity contribution < 1.29 is 9.90 Å². The second-order valence-electron chi connectivity index (χ2n) is 4.28. The van der Waals surface area contributed by atoms with Crippen molar-refractivity contribution >= 4 is 29.1 Å². The van der Waals surface area contributed by atoms with Gasteiger partial charge in [0.1, 0.15) is 16.5 Å². The molecule has 0 amide bonds. The number of aryl methyl sites for hydroxylation is 2. The molecule has 0 aliphatic rings. The first kappa shape index (κ1) is 13.4. The normalized spacial score (nSPS) is 10.3. The highest BCUT2D eigenvalue weighted by Crippen LogP contribution is 2.24. The number of hydrogen-bond acceptors (Lipinski definition) is 3. The highest BCUT2D eigenvalue weighted by molar-refractivity contribution is 6.29. The fraction of sp³-hybridized carbons (Fsp3) is 0.143. The minimum absolute atomic E-state index is 0.0882. The van der Waals surface area contributed by atoms with Gasteiger partial charge in [0, 0.05) is 5.69 Å². The van der Waals surface area contributed by atoms with Crippen LogP contribution in [0, 0.1) is 13.8 Å². The molecule has 0 saturated heterocycles. The van der Waals surface area contributed by atoms with Gasteiger partial charge in [0.25, 0.3) is 0 Å². The number of rotatable bonds is 3. The lowest BCUT2D eigenvalue weighted by Crippen LogP contribution is -2.05. The zero-order valence-corrected chi connectivity index (χ0v) is 11.3. The van der Waals surface area contributed by atoms with Gasteiger partial charge >= 0.3 is 5.97 Å². The average molecular weight is 277 g/mol. The minimum atomic E-state index is -1.04. The molecule has 19 heavy (non-hydrogen) atoms. The maximum absolute atomic E-state index is 11.2. The van der Waals surface area contributed by atoms with Crippen LogP contribution in [0.1, 0.15) is 21.5 Å². The van der Waals surface area contributed by atoms with Gasteiger partial charge in [-0.05, 0) is 43.2 Å². The van der Waals surface area contributed by atoms with Crippen LogP contribution in [0.3, 0.4) is 0 Å². The lowest BCUT2D eigenvalue weighted by Gasteiger charge is -2.12. The third kappa shape index (κ3) is 3.03. The van der Waals surface area contributed by atoms with E-state index in [2.05, 4.69) is 10.3 Å². The van der Waals surface area contributed by atoms with Gasteiger partial charge in [0.15, 0.2) is 0 Å². The Bertz CT molecular complexity index is 641. The highest BCUT2D eigenvalue weighted by Gasteiger charge is 2.13. The van der Waals surface area contributed by atoms with Crippen molar-refractivity contribution in [2.45, 2.75) is 13.8 Å². The number of halogens is 1. The average Bonchev–Trinajstić information content (AvgIpc) is 2.33. The summed E-state index contributed by atoms with van der Waals surface area (Å²) in [5.74, 6) is -0.800. The van der Waals surface area contributed by atoms with Crippen LogP contribution in [0.25, 0.3) is 0 Å². The molecular formula is C14H13ClN2O2. The first-order valence-corrected chi connectivity index (χ1v) is 6.09. The summed E-state index contributed by atoms with van der Waals surface area (Å²) >= 11 is 5.81. The van der Waals surface area contributed by atoms with E-state index in [-0.39, 0.29) is 16.5 Å². The molecule has 0 radical (unpaired) electrons. The van der Waals surface area contributed by atoms with E-state index in [0.717, 1.165) is 16.8 Å². The molecule has 2 rings (SSSR count). The molecule has 0 atom stereocenters. The molecule has 2 N–H and O–H groups in total. The highest BCUT2D eigenvalue weighted by atomic mass is 35.5. The van der Waals surface area contributed by atoms with E-state index < -0.39 is 5.97 Å². The monoisotopic (exact) mass is 276 g/mol. The SMILES string of the molecule is Cc1ccc(C)c(Nc2nc(Cl)ccc2C(=O)O)c1. The van der Waals surface area contributed by atoms with Gasteiger partial charge in [-0.3, -0.25) is 0 Å². The van der Waals surface area contributed by atoms with E-state index in [4.69, 9.17) is 16.7 Å². The number of carboxylic acid groups (broad SMARTS) is 1. The van der Waals surface area contributed by atoms with Crippen LogP contribution in [0.2, 0.25) is 5.15 Å². The number of pyridine rings is 1. The topological polar surface area (TPSA) is 62.2 Å². The fourth-order valence-corrected chi connectivity index (χ4v) is 1.85. The number of carbonyl (C=O) groups is 1. The Morgan fingerprint density at radius 3 is 2.68 bits per heavy atom. The number of anilines is 2. The summed E-state index contributed by atoms with van der Waals surface area (Å²) in [4.78, 5) is 15.2. The van der Waals surface area contributed by atoms with Gasteiger partial charge in [0.05, 0.1) is 0 Å². The quantitative estimate of drug-likeness (QED) is 0.837. The number of nitrogens with zero attached hydrogens (tertiary/aromatic N) is 1. The number of carboxylic acids is 1. The van der Waals surface area contributed by atoms with Crippen molar-refractivity contribution in [2.24, 2.45) is 0 Å². The predicted molar refractivity (Wildman–Crippen MR) is 75.4 cm³/mol. The molecular weight excluding hydrogens is 264 g/mol. The van der Waals surface area contributed by atoms with Crippen molar-refractivity contribution in [2.75, 3.05) is 5.32 Å². The molecule has 5 heteroatoms. The molecule has 1 heterocycles. The second kappa shape index (κ2) is 5.28. The molecule has 1 aromatic heterocycles. The van der Waals surface area contributed by atoms with Gasteiger partial charge in [0.2, 0.25) is 0 Å². The van der Waals surface area contributed by atoms with Crippen LogP contribution in [-0.4, -0.2) is 16.1 Å². The summed E-state index contributed by atoms with van der Waals surface area (Å²) in [5, 5.41) is 12.4. The summed E-state index contributed by atoms with van der Waals surface area (Å²) in [5.41, 5.74) is 2.98. The number of benzene rings is 1. The summed E-state index contributed by atoms with van der Waals surface area (Å²) in [6.07, 6.45) is 0. The van der Waals surface area contributed by atoms with Crippen molar-refractivity contribution in [3.8, 4) is 0 Å². The van der Waals surface area contributed by atoms with Gasteiger partial charge in [-0.1, -0.05) is 23.7 Å². The zero-order valence-electron chi connectivity index (χ0n) is 10.6. The molecule has 0 aliphatic carbocycles. The van der Waals surface area contributed by atoms with Gasteiger partial charge in [-0.25, -0.2) is 9.78 Å². The molecule has 1 aromatic carbocycles. The van der Waals surface area contributed by atoms with Gasteiger partial charge in [-0.2, -0.15) is 0 Å². The van der Waals surface area contributed by atoms with Crippen molar-refractivity contribution in [3.63, 3.8) is 0 Å². The lowest BCUT2D eigenvalue weighted by atomic mass is 10.1. The molecule has 0 saturated carbocycles. The molecule has 0 bridgehead atoms. The van der Waals surface area contributed by atoms with E-state index in [1.165, 1.54) is 12.1 Å². The van der Waals surface area contributed by atoms with Crippen LogP contribution >= 0.6 is 11.6 Å². The number of hydrogen-bond donors (Lipinski definition) is 2.